The number of nitriles is 1. The third-order valence-corrected chi connectivity index (χ3v) is 2.93. The van der Waals surface area contributed by atoms with Crippen LogP contribution in [-0.4, -0.2) is 10.9 Å². The zero-order valence-electron chi connectivity index (χ0n) is 10.9. The molecule has 2 rings (SSSR count). The molecule has 0 aliphatic rings. The summed E-state index contributed by atoms with van der Waals surface area (Å²) in [5, 5.41) is 11.6. The summed E-state index contributed by atoms with van der Waals surface area (Å²) in [6, 6.07) is 11.6. The van der Waals surface area contributed by atoms with Gasteiger partial charge in [-0.05, 0) is 30.7 Å². The molecule has 0 aliphatic carbocycles. The largest absolute Gasteiger partial charge is 0.345 e. The number of aromatic amines is 1. The first kappa shape index (κ1) is 13.6. The molecule has 1 atom stereocenters. The number of hydrogen-bond donors (Lipinski definition) is 2. The van der Waals surface area contributed by atoms with E-state index in [1.807, 2.05) is 13.0 Å². The molecular weight excluding hydrogens is 254 g/mol. The van der Waals surface area contributed by atoms with Crippen LogP contribution >= 0.6 is 0 Å². The first-order valence-corrected chi connectivity index (χ1v) is 6.10. The summed E-state index contributed by atoms with van der Waals surface area (Å²) in [6.07, 6.45) is 1.38. The highest BCUT2D eigenvalue weighted by Crippen LogP contribution is 2.13. The van der Waals surface area contributed by atoms with Crippen LogP contribution in [-0.2, 0) is 0 Å². The second-order valence-corrected chi connectivity index (χ2v) is 4.37. The smallest absolute Gasteiger partial charge is 0.253 e. The van der Waals surface area contributed by atoms with Gasteiger partial charge in [0, 0.05) is 12.3 Å². The lowest BCUT2D eigenvalue weighted by Gasteiger charge is -2.14. The maximum Gasteiger partial charge on any atom is 0.253 e. The van der Waals surface area contributed by atoms with Crippen LogP contribution in [0.1, 0.15) is 34.5 Å². The van der Waals surface area contributed by atoms with Crippen molar-refractivity contribution in [2.24, 2.45) is 0 Å². The van der Waals surface area contributed by atoms with Crippen molar-refractivity contribution in [2.75, 3.05) is 0 Å². The van der Waals surface area contributed by atoms with Gasteiger partial charge in [-0.3, -0.25) is 9.59 Å². The molecule has 0 bridgehead atoms. The van der Waals surface area contributed by atoms with Crippen molar-refractivity contribution in [1.82, 2.24) is 10.3 Å². The molecule has 5 nitrogen and oxygen atoms in total. The van der Waals surface area contributed by atoms with E-state index in [1.54, 1.807) is 24.3 Å². The Balaban J connectivity index is 2.08. The normalized spacial score (nSPS) is 11.4. The minimum Gasteiger partial charge on any atom is -0.345 e. The predicted octanol–water partition coefficient (Wildman–Crippen LogP) is 1.74. The van der Waals surface area contributed by atoms with Crippen molar-refractivity contribution in [3.8, 4) is 6.07 Å². The standard InChI is InChI=1S/C15H13N3O2/c1-10(12-4-2-11(8-16)3-5-12)18-15(20)13-6-7-14(19)17-9-13/h2-7,9-10H,1H3,(H,17,19)(H,18,20). The quantitative estimate of drug-likeness (QED) is 0.888. The summed E-state index contributed by atoms with van der Waals surface area (Å²) < 4.78 is 0. The SMILES string of the molecule is CC(NC(=O)c1ccc(=O)[nH]c1)c1ccc(C#N)cc1. The third-order valence-electron chi connectivity index (χ3n) is 2.93. The van der Waals surface area contributed by atoms with Crippen LogP contribution in [0, 0.1) is 11.3 Å². The zero-order valence-corrected chi connectivity index (χ0v) is 10.9. The molecule has 0 radical (unpaired) electrons. The highest BCUT2D eigenvalue weighted by atomic mass is 16.2. The van der Waals surface area contributed by atoms with E-state index in [2.05, 4.69) is 10.3 Å². The Morgan fingerprint density at radius 1 is 1.25 bits per heavy atom. The van der Waals surface area contributed by atoms with Gasteiger partial charge in [-0.15, -0.1) is 0 Å². The molecule has 1 aromatic carbocycles. The van der Waals surface area contributed by atoms with E-state index >= 15 is 0 Å². The van der Waals surface area contributed by atoms with Crippen LogP contribution in [0.25, 0.3) is 0 Å². The number of rotatable bonds is 3. The predicted molar refractivity (Wildman–Crippen MR) is 74.1 cm³/mol. The maximum absolute atomic E-state index is 12.0. The second kappa shape index (κ2) is 5.85. The Kier molecular flexibility index (Phi) is 3.96. The van der Waals surface area contributed by atoms with Crippen LogP contribution < -0.4 is 10.9 Å². The monoisotopic (exact) mass is 267 g/mol. The second-order valence-electron chi connectivity index (χ2n) is 4.37. The average molecular weight is 267 g/mol. The first-order valence-electron chi connectivity index (χ1n) is 6.10. The molecule has 2 aromatic rings. The summed E-state index contributed by atoms with van der Waals surface area (Å²) in [6.45, 7) is 1.85. The van der Waals surface area contributed by atoms with Gasteiger partial charge < -0.3 is 10.3 Å². The van der Waals surface area contributed by atoms with E-state index in [1.165, 1.54) is 18.3 Å². The van der Waals surface area contributed by atoms with E-state index in [0.29, 0.717) is 11.1 Å². The van der Waals surface area contributed by atoms with E-state index in [-0.39, 0.29) is 17.5 Å². The Bertz CT molecular complexity index is 691. The first-order chi connectivity index (χ1) is 9.60. The Morgan fingerprint density at radius 3 is 2.50 bits per heavy atom. The number of nitrogens with zero attached hydrogens (tertiary/aromatic N) is 1. The van der Waals surface area contributed by atoms with Gasteiger partial charge >= 0.3 is 0 Å². The van der Waals surface area contributed by atoms with Crippen LogP contribution in [0.4, 0.5) is 0 Å². The highest BCUT2D eigenvalue weighted by Gasteiger charge is 2.11. The number of aromatic nitrogens is 1. The van der Waals surface area contributed by atoms with Crippen LogP contribution in [0.5, 0.6) is 0 Å². The van der Waals surface area contributed by atoms with E-state index in [0.717, 1.165) is 5.56 Å². The average Bonchev–Trinajstić information content (AvgIpc) is 2.48. The molecular formula is C15H13N3O2. The van der Waals surface area contributed by atoms with Crippen molar-refractivity contribution in [3.05, 3.63) is 69.6 Å². The van der Waals surface area contributed by atoms with Crippen molar-refractivity contribution in [2.45, 2.75) is 13.0 Å². The summed E-state index contributed by atoms with van der Waals surface area (Å²) in [5.74, 6) is -0.266. The maximum atomic E-state index is 12.0. The van der Waals surface area contributed by atoms with E-state index in [4.69, 9.17) is 5.26 Å². The molecule has 0 aliphatic heterocycles. The van der Waals surface area contributed by atoms with E-state index < -0.39 is 0 Å². The fourth-order valence-electron chi connectivity index (χ4n) is 1.76. The molecule has 0 fully saturated rings. The molecule has 100 valence electrons. The van der Waals surface area contributed by atoms with Gasteiger partial charge in [0.25, 0.3) is 5.91 Å². The summed E-state index contributed by atoms with van der Waals surface area (Å²) >= 11 is 0. The summed E-state index contributed by atoms with van der Waals surface area (Å²) in [5.41, 5.74) is 1.63. The highest BCUT2D eigenvalue weighted by molar-refractivity contribution is 5.94. The summed E-state index contributed by atoms with van der Waals surface area (Å²) in [7, 11) is 0. The molecule has 0 spiro atoms. The number of amides is 1. The molecule has 0 saturated carbocycles. The van der Waals surface area contributed by atoms with Gasteiger partial charge in [0.05, 0.1) is 23.2 Å². The van der Waals surface area contributed by atoms with Gasteiger partial charge in [-0.2, -0.15) is 5.26 Å². The van der Waals surface area contributed by atoms with Gasteiger partial charge in [0.1, 0.15) is 0 Å². The summed E-state index contributed by atoms with van der Waals surface area (Å²) in [4.78, 5) is 25.4. The lowest BCUT2D eigenvalue weighted by Crippen LogP contribution is -2.27. The van der Waals surface area contributed by atoms with Crippen molar-refractivity contribution < 1.29 is 4.79 Å². The van der Waals surface area contributed by atoms with Crippen molar-refractivity contribution in [1.29, 1.82) is 5.26 Å². The van der Waals surface area contributed by atoms with Gasteiger partial charge in [0.15, 0.2) is 0 Å². The number of carbonyl (C=O) groups is 1. The topological polar surface area (TPSA) is 85.8 Å². The number of hydrogen-bond acceptors (Lipinski definition) is 3. The Labute approximate surface area is 115 Å². The molecule has 20 heavy (non-hydrogen) atoms. The van der Waals surface area contributed by atoms with E-state index in [9.17, 15) is 9.59 Å². The zero-order chi connectivity index (χ0) is 14.5. The van der Waals surface area contributed by atoms with Gasteiger partial charge in [0.2, 0.25) is 5.56 Å². The van der Waals surface area contributed by atoms with Gasteiger partial charge in [-0.1, -0.05) is 12.1 Å². The molecule has 2 N–H and O–H groups in total. The van der Waals surface area contributed by atoms with Crippen molar-refractivity contribution >= 4 is 5.91 Å². The molecule has 5 heteroatoms. The number of pyridine rings is 1. The number of benzene rings is 1. The Hall–Kier alpha value is -2.87. The number of carbonyl (C=O) groups excluding carboxylic acids is 1. The fraction of sp³-hybridized carbons (Fsp3) is 0.133. The molecule has 1 heterocycles. The number of H-pyrrole nitrogens is 1. The van der Waals surface area contributed by atoms with Crippen LogP contribution in [0.2, 0.25) is 0 Å². The molecule has 1 amide bonds. The molecule has 1 unspecified atom stereocenters. The van der Waals surface area contributed by atoms with Crippen molar-refractivity contribution in [3.63, 3.8) is 0 Å². The Morgan fingerprint density at radius 2 is 1.95 bits per heavy atom. The molecule has 0 saturated heterocycles. The van der Waals surface area contributed by atoms with Crippen LogP contribution in [0.3, 0.4) is 0 Å². The minimum atomic E-state index is -0.266. The number of nitrogens with one attached hydrogen (secondary N) is 2. The third kappa shape index (κ3) is 3.12. The van der Waals surface area contributed by atoms with Gasteiger partial charge in [-0.25, -0.2) is 0 Å². The molecule has 1 aromatic heterocycles. The lowest BCUT2D eigenvalue weighted by molar-refractivity contribution is 0.0939. The van der Waals surface area contributed by atoms with Crippen LogP contribution in [0.15, 0.2) is 47.4 Å². The fourth-order valence-corrected chi connectivity index (χ4v) is 1.76. The lowest BCUT2D eigenvalue weighted by atomic mass is 10.1. The minimum absolute atomic E-state index is 0.192.